The zero-order chi connectivity index (χ0) is 54.1. The summed E-state index contributed by atoms with van der Waals surface area (Å²) in [5, 5.41) is 31.5. The summed E-state index contributed by atoms with van der Waals surface area (Å²) in [6.07, 6.45) is -10.3. The average molecular weight is 1140 g/mol. The summed E-state index contributed by atoms with van der Waals surface area (Å²) in [6, 6.07) is 0. The Morgan fingerprint density at radius 2 is 1.24 bits per heavy atom. The SMILES string of the molecule is CC(C)(C)C(=O)Nc1nc(Cl)nc2c1ncn2[C@@H]1O[C@H](CO)[C@@H](O)[C@@H]1F.CCOP(=O)(COC[C@H]1O[C@@H](n2cnc3c(N)nc(Cl)nc32)[C@@H](F)[C@@H]1O)OCC.CCOP(=O)(COS(=O)(=O)C(F)(F)F)OCC. The van der Waals surface area contributed by atoms with Crippen LogP contribution in [0.3, 0.4) is 0 Å². The van der Waals surface area contributed by atoms with Crippen molar-refractivity contribution < 1.29 is 96.1 Å². The molecule has 4 aromatic heterocycles. The molecule has 2 saturated heterocycles. The number of alkyl halides is 5. The van der Waals surface area contributed by atoms with Crippen LogP contribution in [-0.2, 0) is 60.5 Å². The Morgan fingerprint density at radius 3 is 1.69 bits per heavy atom. The number of carbonyl (C=O) groups is 1. The Morgan fingerprint density at radius 1 is 0.792 bits per heavy atom. The van der Waals surface area contributed by atoms with E-state index >= 15 is 0 Å². The topological polar surface area (TPSA) is 345 Å². The Labute approximate surface area is 417 Å². The molecule has 0 saturated carbocycles. The molecule has 1 amide bonds. The van der Waals surface area contributed by atoms with Crippen LogP contribution in [0.5, 0.6) is 0 Å². The van der Waals surface area contributed by atoms with Crippen LogP contribution >= 0.6 is 38.4 Å². The molecule has 2 aliphatic heterocycles. The van der Waals surface area contributed by atoms with Gasteiger partial charge in [-0.15, -0.1) is 0 Å². The van der Waals surface area contributed by atoms with E-state index in [1.807, 2.05) is 0 Å². The van der Waals surface area contributed by atoms with Gasteiger partial charge >= 0.3 is 30.8 Å². The first-order chi connectivity index (χ1) is 33.5. The lowest BCUT2D eigenvalue weighted by molar-refractivity contribution is -0.123. The normalized spacial score (nSPS) is 23.0. The number of aliphatic hydroxyl groups excluding tert-OH is 3. The number of nitrogens with one attached hydrogen (secondary N) is 1. The van der Waals surface area contributed by atoms with Gasteiger partial charge in [0.15, 0.2) is 59.6 Å². The van der Waals surface area contributed by atoms with Gasteiger partial charge in [-0.1, -0.05) is 20.8 Å². The first kappa shape index (κ1) is 61.1. The smallest absolute Gasteiger partial charge is 0.394 e. The molecule has 0 aromatic carbocycles. The zero-order valence-corrected chi connectivity index (χ0v) is 43.3. The first-order valence-corrected chi connectivity index (χ1v) is 26.8. The number of nitrogen functional groups attached to an aromatic ring is 1. The summed E-state index contributed by atoms with van der Waals surface area (Å²) in [5.74, 6) is -0.180. The minimum atomic E-state index is -5.80. The number of fused-ring (bicyclic) bond motifs is 2. The third kappa shape index (κ3) is 15.1. The predicted octanol–water partition coefficient (Wildman–Crippen LogP) is 5.03. The monoisotopic (exact) mass is 1140 g/mol. The highest BCUT2D eigenvalue weighted by atomic mass is 35.5. The van der Waals surface area contributed by atoms with Gasteiger partial charge in [0, 0.05) is 5.41 Å². The molecule has 8 atom stereocenters. The van der Waals surface area contributed by atoms with Crippen molar-refractivity contribution in [3.05, 3.63) is 23.2 Å². The Balaban J connectivity index is 0.000000243. The number of hydrogen-bond acceptors (Lipinski definition) is 23. The molecule has 0 aliphatic carbocycles. The fourth-order valence-corrected chi connectivity index (χ4v) is 10.1. The van der Waals surface area contributed by atoms with Crippen molar-refractivity contribution in [2.24, 2.45) is 5.41 Å². The molecule has 4 aromatic rings. The van der Waals surface area contributed by atoms with Gasteiger partial charge in [-0.2, -0.15) is 41.5 Å². The number of nitrogens with two attached hydrogens (primary N) is 1. The third-order valence-electron chi connectivity index (χ3n) is 9.53. The lowest BCUT2D eigenvalue weighted by atomic mass is 9.96. The average Bonchev–Trinajstić information content (AvgIpc) is 4.04. The van der Waals surface area contributed by atoms with E-state index in [4.69, 9.17) is 52.2 Å². The van der Waals surface area contributed by atoms with Crippen LogP contribution in [0.4, 0.5) is 33.6 Å². The van der Waals surface area contributed by atoms with Crippen LogP contribution in [0.25, 0.3) is 22.3 Å². The third-order valence-corrected chi connectivity index (χ3v) is 14.6. The van der Waals surface area contributed by atoms with E-state index in [1.165, 1.54) is 35.6 Å². The highest BCUT2D eigenvalue weighted by molar-refractivity contribution is 7.87. The number of nitrogens with zero attached hydrogens (tertiary/aromatic N) is 8. The minimum Gasteiger partial charge on any atom is -0.394 e. The Bertz CT molecular complexity index is 2660. The quantitative estimate of drug-likeness (QED) is 0.0270. The van der Waals surface area contributed by atoms with E-state index < -0.39 is 98.4 Å². The molecule has 6 rings (SSSR count). The number of anilines is 2. The van der Waals surface area contributed by atoms with Crippen molar-refractivity contribution in [1.29, 1.82) is 0 Å². The van der Waals surface area contributed by atoms with Crippen LogP contribution in [0.15, 0.2) is 12.7 Å². The van der Waals surface area contributed by atoms with Gasteiger partial charge in [0.25, 0.3) is 0 Å². The van der Waals surface area contributed by atoms with E-state index in [0.29, 0.717) is 0 Å². The number of aromatic nitrogens is 8. The number of rotatable bonds is 19. The van der Waals surface area contributed by atoms with Crippen molar-refractivity contribution in [3.63, 3.8) is 0 Å². The molecule has 6 N–H and O–H groups in total. The van der Waals surface area contributed by atoms with Gasteiger partial charge in [0.2, 0.25) is 16.5 Å². The fourth-order valence-electron chi connectivity index (χ4n) is 6.19. The number of halogens is 7. The van der Waals surface area contributed by atoms with E-state index in [-0.39, 0.29) is 89.8 Å². The van der Waals surface area contributed by atoms with E-state index in [0.717, 1.165) is 0 Å². The van der Waals surface area contributed by atoms with Crippen molar-refractivity contribution in [1.82, 2.24) is 39.0 Å². The van der Waals surface area contributed by atoms with Gasteiger partial charge in [-0.3, -0.25) is 27.2 Å². The lowest BCUT2D eigenvalue weighted by Gasteiger charge is -2.19. The second-order valence-corrected chi connectivity index (χ2v) is 22.1. The molecule has 2 aliphatic rings. The summed E-state index contributed by atoms with van der Waals surface area (Å²) >= 11 is 11.8. The van der Waals surface area contributed by atoms with E-state index in [2.05, 4.69) is 48.5 Å². The maximum atomic E-state index is 14.7. The summed E-state index contributed by atoms with van der Waals surface area (Å²) in [6.45, 7) is 10.7. The molecular weight excluding hydrogens is 1090 g/mol. The van der Waals surface area contributed by atoms with Gasteiger partial charge in [-0.25, -0.2) is 18.7 Å². The van der Waals surface area contributed by atoms with Crippen LogP contribution in [0, 0.1) is 5.41 Å². The van der Waals surface area contributed by atoms with Gasteiger partial charge in [0.1, 0.15) is 36.3 Å². The number of ether oxygens (including phenoxy) is 3. The van der Waals surface area contributed by atoms with E-state index in [9.17, 15) is 59.6 Å². The lowest BCUT2D eigenvalue weighted by Crippen LogP contribution is -2.31. The molecule has 26 nitrogen and oxygen atoms in total. The molecule has 2 fully saturated rings. The fraction of sp³-hybridized carbons (Fsp3) is 0.694. The number of hydrogen-bond donors (Lipinski definition) is 5. The summed E-state index contributed by atoms with van der Waals surface area (Å²) in [4.78, 5) is 36.2. The highest BCUT2D eigenvalue weighted by Crippen LogP contribution is 2.49. The number of carbonyl (C=O) groups excluding carboxylic acids is 1. The summed E-state index contributed by atoms with van der Waals surface area (Å²) < 4.78 is 152. The van der Waals surface area contributed by atoms with E-state index in [1.54, 1.807) is 34.6 Å². The molecule has 72 heavy (non-hydrogen) atoms. The molecule has 0 radical (unpaired) electrons. The Kier molecular flexibility index (Phi) is 21.6. The number of imidazole rings is 2. The van der Waals surface area contributed by atoms with Crippen LogP contribution in [-0.4, -0.2) is 163 Å². The zero-order valence-electron chi connectivity index (χ0n) is 39.2. The predicted molar refractivity (Wildman–Crippen MR) is 243 cm³/mol. The van der Waals surface area contributed by atoms with Crippen LogP contribution in [0.1, 0.15) is 60.9 Å². The first-order valence-electron chi connectivity index (χ1n) is 21.2. The minimum absolute atomic E-state index is 0.0372. The molecule has 0 unspecified atom stereocenters. The second kappa shape index (κ2) is 25.4. The largest absolute Gasteiger partial charge is 0.523 e. The number of aliphatic hydroxyl groups is 3. The van der Waals surface area contributed by atoms with Crippen molar-refractivity contribution >= 4 is 88.4 Å². The standard InChI is InChI=1S/C15H22ClFN5O6P.C15H19ClFN5O4.C6H12F3O6PS/c1-3-26-29(24,27-4-2)7-25-5-8-11(23)9(17)14(28-8)22-6-19-10-12(18)20-15(16)21-13(10)22;1-15(2,3)13(25)19-10-8-11(21-14(16)20-10)22(5-18-8)12-7(17)9(24)6(4-23)26-12;1-3-13-16(10,14-4-2)5-15-17(11,12)6(7,8)9/h6,8-9,11,14,23H,3-5,7H2,1-2H3,(H2,18,20,21);5-7,9,12,23-24H,4H2,1-3H3,(H,19,20,21,25);3-5H2,1-2H3/t8-,9+,11-,14-;6-,7+,9-,12-;/m11./s1. The van der Waals surface area contributed by atoms with Gasteiger partial charge < -0.3 is 58.7 Å². The second-order valence-electron chi connectivity index (χ2n) is 15.8. The maximum absolute atomic E-state index is 14.7. The molecule has 408 valence electrons. The maximum Gasteiger partial charge on any atom is 0.523 e. The van der Waals surface area contributed by atoms with Crippen molar-refractivity contribution in [2.45, 2.75) is 103 Å². The highest BCUT2D eigenvalue weighted by Gasteiger charge is 2.49. The van der Waals surface area contributed by atoms with Crippen molar-refractivity contribution in [3.8, 4) is 0 Å². The Hall–Kier alpha value is -3.43. The number of amides is 1. The summed E-state index contributed by atoms with van der Waals surface area (Å²) in [5.41, 5.74) is 0.227. The van der Waals surface area contributed by atoms with Crippen molar-refractivity contribution in [2.75, 3.05) is 63.4 Å². The van der Waals surface area contributed by atoms with Crippen LogP contribution < -0.4 is 11.1 Å². The molecule has 0 spiro atoms. The molecular formula is C36H53Cl2F5N10O16P2S. The van der Waals surface area contributed by atoms with Gasteiger partial charge in [0.05, 0.1) is 52.3 Å². The molecule has 0 bridgehead atoms. The van der Waals surface area contributed by atoms with Gasteiger partial charge in [-0.05, 0) is 50.9 Å². The molecule has 36 heteroatoms. The van der Waals surface area contributed by atoms with Crippen LogP contribution in [0.2, 0.25) is 10.6 Å². The molecule has 6 heterocycles. The summed E-state index contributed by atoms with van der Waals surface area (Å²) in [7, 11) is -13.2.